The number of ketones is 1. The van der Waals surface area contributed by atoms with E-state index < -0.39 is 23.5 Å². The molecule has 7 nitrogen and oxygen atoms in total. The topological polar surface area (TPSA) is 112 Å². The molecule has 1 amide bonds. The maximum absolute atomic E-state index is 13.2. The van der Waals surface area contributed by atoms with E-state index in [1.54, 1.807) is 32.1 Å². The molecule has 190 valence electrons. The highest BCUT2D eigenvalue weighted by Crippen LogP contribution is 2.35. The maximum atomic E-state index is 13.2. The Morgan fingerprint density at radius 1 is 1.24 bits per heavy atom. The molecule has 1 unspecified atom stereocenters. The van der Waals surface area contributed by atoms with Gasteiger partial charge in [-0.2, -0.15) is 0 Å². The minimum absolute atomic E-state index is 0.0419. The molecule has 7 atom stereocenters. The van der Waals surface area contributed by atoms with Gasteiger partial charge in [0.2, 0.25) is 5.91 Å². The van der Waals surface area contributed by atoms with Crippen LogP contribution >= 0.6 is 11.3 Å². The summed E-state index contributed by atoms with van der Waals surface area (Å²) in [5.74, 6) is -1.21. The summed E-state index contributed by atoms with van der Waals surface area (Å²) in [5, 5.41) is 27.7. The quantitative estimate of drug-likeness (QED) is 0.543. The standard InChI is InChI=1S/C26H40N2O5S/c1-14-8-7-9-20-21(33-20)11-19(15(2)10-18-13-34-17(4)27-18)28-23(30)12-22(29)26(5,6)25(32)16(3)24(14)31/h10,13-14,16,19-22,24,29,31H,7-9,11-12H2,1-6H3,(H,28,30)/b15-10+/t14-,16+,19-,20?,21-,22-,24-/m0/s1. The van der Waals surface area contributed by atoms with Crippen molar-refractivity contribution < 1.29 is 24.5 Å². The van der Waals surface area contributed by atoms with Crippen LogP contribution < -0.4 is 5.32 Å². The Morgan fingerprint density at radius 3 is 2.59 bits per heavy atom. The average molecular weight is 493 g/mol. The number of thiazole rings is 1. The van der Waals surface area contributed by atoms with Crippen LogP contribution in [0.1, 0.15) is 77.4 Å². The molecule has 2 aliphatic heterocycles. The molecule has 0 bridgehead atoms. The minimum atomic E-state index is -1.16. The molecule has 2 saturated heterocycles. The van der Waals surface area contributed by atoms with E-state index in [1.807, 2.05) is 32.2 Å². The van der Waals surface area contributed by atoms with Crippen LogP contribution in [-0.4, -0.2) is 57.3 Å². The lowest BCUT2D eigenvalue weighted by Crippen LogP contribution is -2.47. The second kappa shape index (κ2) is 11.0. The number of rotatable bonds is 2. The van der Waals surface area contributed by atoms with Crippen molar-refractivity contribution in [3.05, 3.63) is 21.7 Å². The van der Waals surface area contributed by atoms with E-state index in [2.05, 4.69) is 10.3 Å². The van der Waals surface area contributed by atoms with Gasteiger partial charge in [-0.15, -0.1) is 11.3 Å². The lowest BCUT2D eigenvalue weighted by atomic mass is 9.73. The number of carbonyl (C=O) groups excluding carboxylic acids is 2. The van der Waals surface area contributed by atoms with Crippen LogP contribution in [0.4, 0.5) is 0 Å². The summed E-state index contributed by atoms with van der Waals surface area (Å²) in [4.78, 5) is 30.6. The molecule has 2 aliphatic rings. The zero-order chi connectivity index (χ0) is 25.2. The number of nitrogens with zero attached hydrogens (tertiary/aromatic N) is 1. The molecule has 0 spiro atoms. The van der Waals surface area contributed by atoms with Crippen LogP contribution in [0.2, 0.25) is 0 Å². The third-order valence-electron chi connectivity index (χ3n) is 7.56. The largest absolute Gasteiger partial charge is 0.392 e. The Kier molecular flexibility index (Phi) is 8.71. The summed E-state index contributed by atoms with van der Waals surface area (Å²) < 4.78 is 5.91. The Morgan fingerprint density at radius 2 is 1.94 bits per heavy atom. The van der Waals surface area contributed by atoms with Gasteiger partial charge in [0.15, 0.2) is 0 Å². The number of hydrogen-bond donors (Lipinski definition) is 3. The van der Waals surface area contributed by atoms with Gasteiger partial charge in [-0.1, -0.05) is 34.1 Å². The fraction of sp³-hybridized carbons (Fsp3) is 0.731. The molecule has 0 saturated carbocycles. The predicted molar refractivity (Wildman–Crippen MR) is 133 cm³/mol. The highest BCUT2D eigenvalue weighted by Gasteiger charge is 2.44. The first kappa shape index (κ1) is 27.0. The summed E-state index contributed by atoms with van der Waals surface area (Å²) in [6.07, 6.45) is 3.31. The van der Waals surface area contributed by atoms with Gasteiger partial charge in [0.05, 0.1) is 53.0 Å². The molecule has 1 aromatic rings. The smallest absolute Gasteiger partial charge is 0.223 e. The number of nitrogens with one attached hydrogen (secondary N) is 1. The van der Waals surface area contributed by atoms with Crippen LogP contribution in [0, 0.1) is 24.2 Å². The van der Waals surface area contributed by atoms with Gasteiger partial charge in [-0.05, 0) is 44.3 Å². The first-order valence-corrected chi connectivity index (χ1v) is 13.2. The van der Waals surface area contributed by atoms with E-state index in [9.17, 15) is 19.8 Å². The lowest BCUT2D eigenvalue weighted by molar-refractivity contribution is -0.143. The molecule has 0 aromatic carbocycles. The van der Waals surface area contributed by atoms with Crippen LogP contribution in [0.3, 0.4) is 0 Å². The van der Waals surface area contributed by atoms with Crippen molar-refractivity contribution in [2.24, 2.45) is 17.3 Å². The van der Waals surface area contributed by atoms with Crippen molar-refractivity contribution >= 4 is 29.1 Å². The molecule has 0 aliphatic carbocycles. The number of amides is 1. The fourth-order valence-corrected chi connectivity index (χ4v) is 5.48. The van der Waals surface area contributed by atoms with Crippen LogP contribution in [-0.2, 0) is 14.3 Å². The molecule has 2 fully saturated rings. The molecule has 3 heterocycles. The molecule has 3 rings (SSSR count). The van der Waals surface area contributed by atoms with E-state index in [0.29, 0.717) is 6.42 Å². The maximum Gasteiger partial charge on any atom is 0.223 e. The third kappa shape index (κ3) is 6.53. The van der Waals surface area contributed by atoms with E-state index in [4.69, 9.17) is 4.74 Å². The highest BCUT2D eigenvalue weighted by molar-refractivity contribution is 7.09. The van der Waals surface area contributed by atoms with Gasteiger partial charge in [0, 0.05) is 17.7 Å². The Bertz CT molecular complexity index is 911. The van der Waals surface area contributed by atoms with Crippen LogP contribution in [0.15, 0.2) is 11.0 Å². The zero-order valence-corrected chi connectivity index (χ0v) is 22.0. The number of aromatic nitrogens is 1. The van der Waals surface area contributed by atoms with Crippen molar-refractivity contribution in [3.63, 3.8) is 0 Å². The average Bonchev–Trinajstić information content (AvgIpc) is 3.38. The Labute approximate surface area is 207 Å². The first-order valence-electron chi connectivity index (χ1n) is 12.4. The van der Waals surface area contributed by atoms with Crippen molar-refractivity contribution in [2.45, 2.75) is 104 Å². The van der Waals surface area contributed by atoms with Gasteiger partial charge in [-0.3, -0.25) is 9.59 Å². The minimum Gasteiger partial charge on any atom is -0.392 e. The molecule has 34 heavy (non-hydrogen) atoms. The van der Waals surface area contributed by atoms with Crippen molar-refractivity contribution in [1.29, 1.82) is 0 Å². The van der Waals surface area contributed by atoms with Gasteiger partial charge in [0.1, 0.15) is 5.78 Å². The number of aliphatic hydroxyl groups excluding tert-OH is 2. The number of epoxide rings is 1. The van der Waals surface area contributed by atoms with E-state index in [0.717, 1.165) is 35.5 Å². The van der Waals surface area contributed by atoms with Gasteiger partial charge in [-0.25, -0.2) is 4.98 Å². The Hall–Kier alpha value is -1.61. The summed E-state index contributed by atoms with van der Waals surface area (Å²) in [6, 6.07) is -0.247. The molecule has 3 N–H and O–H groups in total. The van der Waals surface area contributed by atoms with Crippen molar-refractivity contribution in [3.8, 4) is 0 Å². The van der Waals surface area contributed by atoms with Crippen LogP contribution in [0.25, 0.3) is 6.08 Å². The predicted octanol–water partition coefficient (Wildman–Crippen LogP) is 3.66. The summed E-state index contributed by atoms with van der Waals surface area (Å²) >= 11 is 1.58. The number of aliphatic hydroxyl groups is 2. The Balaban J connectivity index is 1.81. The highest BCUT2D eigenvalue weighted by atomic mass is 32.1. The first-order chi connectivity index (χ1) is 15.9. The van der Waals surface area contributed by atoms with Gasteiger partial charge in [0.25, 0.3) is 0 Å². The number of carbonyl (C=O) groups is 2. The molecular formula is C26H40N2O5S. The number of fused-ring (bicyclic) bond motifs is 1. The molecule has 1 aromatic heterocycles. The molecular weight excluding hydrogens is 452 g/mol. The van der Waals surface area contributed by atoms with E-state index >= 15 is 0 Å². The van der Waals surface area contributed by atoms with Crippen LogP contribution in [0.5, 0.6) is 0 Å². The summed E-state index contributed by atoms with van der Waals surface area (Å²) in [5.41, 5.74) is 0.685. The van der Waals surface area contributed by atoms with Crippen molar-refractivity contribution in [1.82, 2.24) is 10.3 Å². The number of Topliss-reactive ketones (excluding diaryl/α,β-unsaturated/α-hetero) is 1. The lowest BCUT2D eigenvalue weighted by Gasteiger charge is -2.34. The normalized spacial score (nSPS) is 36.0. The fourth-order valence-electron chi connectivity index (χ4n) is 4.91. The molecule has 0 radical (unpaired) electrons. The number of ether oxygens (including phenoxy) is 1. The molecule has 8 heteroatoms. The van der Waals surface area contributed by atoms with Gasteiger partial charge >= 0.3 is 0 Å². The second-order valence-corrected chi connectivity index (χ2v) is 11.8. The monoisotopic (exact) mass is 492 g/mol. The SMILES string of the molecule is C/C(=C\c1csc(C)n1)[C@@H]1C[C@@H]2OC2CCC[C@H](C)[C@H](O)[C@@H](C)C(=O)C(C)(C)[C@@H](O)CC(=O)N1. The van der Waals surface area contributed by atoms with E-state index in [-0.39, 0.29) is 42.3 Å². The summed E-state index contributed by atoms with van der Waals surface area (Å²) in [7, 11) is 0. The zero-order valence-electron chi connectivity index (χ0n) is 21.2. The van der Waals surface area contributed by atoms with E-state index in [1.165, 1.54) is 0 Å². The number of aryl methyl sites for hydroxylation is 1. The summed E-state index contributed by atoms with van der Waals surface area (Å²) in [6.45, 7) is 10.9. The van der Waals surface area contributed by atoms with Gasteiger partial charge < -0.3 is 20.3 Å². The number of hydrogen-bond acceptors (Lipinski definition) is 7. The second-order valence-electron chi connectivity index (χ2n) is 10.7. The van der Waals surface area contributed by atoms with Crippen molar-refractivity contribution in [2.75, 3.05) is 0 Å². The third-order valence-corrected chi connectivity index (χ3v) is 8.35.